The summed E-state index contributed by atoms with van der Waals surface area (Å²) in [6, 6.07) is 5.97. The number of aromatic nitrogens is 2. The molecule has 0 aliphatic carbocycles. The van der Waals surface area contributed by atoms with Gasteiger partial charge in [0.05, 0.1) is 6.54 Å². The van der Waals surface area contributed by atoms with Crippen molar-refractivity contribution >= 4 is 17.4 Å². The van der Waals surface area contributed by atoms with E-state index in [9.17, 15) is 4.79 Å². The standard InChI is InChI=1S/C14H20N4OS/c1-2-17(12-13-6-3-11-20-13)14(19)15-7-4-9-18-10-5-8-16-18/h3,5-6,8,10-11H,2,4,7,9,12H2,1H3,(H,15,19). The first-order valence-corrected chi connectivity index (χ1v) is 7.70. The van der Waals surface area contributed by atoms with E-state index in [1.54, 1.807) is 17.5 Å². The van der Waals surface area contributed by atoms with E-state index in [-0.39, 0.29) is 6.03 Å². The van der Waals surface area contributed by atoms with Gasteiger partial charge >= 0.3 is 6.03 Å². The van der Waals surface area contributed by atoms with Gasteiger partial charge in [-0.3, -0.25) is 4.68 Å². The molecule has 0 radical (unpaired) electrons. The second-order valence-electron chi connectivity index (χ2n) is 4.45. The topological polar surface area (TPSA) is 50.2 Å². The Bertz CT molecular complexity index is 495. The van der Waals surface area contributed by atoms with Crippen LogP contribution in [0.3, 0.4) is 0 Å². The van der Waals surface area contributed by atoms with E-state index in [0.717, 1.165) is 13.0 Å². The molecule has 1 N–H and O–H groups in total. The highest BCUT2D eigenvalue weighted by molar-refractivity contribution is 7.09. The molecule has 0 spiro atoms. The summed E-state index contributed by atoms with van der Waals surface area (Å²) in [7, 11) is 0. The molecule has 2 rings (SSSR count). The van der Waals surface area contributed by atoms with Crippen LogP contribution in [0.15, 0.2) is 36.0 Å². The van der Waals surface area contributed by atoms with Crippen molar-refractivity contribution in [3.05, 3.63) is 40.8 Å². The summed E-state index contributed by atoms with van der Waals surface area (Å²) in [4.78, 5) is 15.1. The Kier molecular flexibility index (Phi) is 5.61. The summed E-state index contributed by atoms with van der Waals surface area (Å²) in [5.74, 6) is 0. The number of thiophene rings is 1. The molecule has 0 bridgehead atoms. The van der Waals surface area contributed by atoms with Crippen LogP contribution in [0.4, 0.5) is 4.79 Å². The third-order valence-electron chi connectivity index (χ3n) is 3.00. The van der Waals surface area contributed by atoms with Crippen LogP contribution < -0.4 is 5.32 Å². The first kappa shape index (κ1) is 14.6. The molecule has 2 aromatic heterocycles. The first-order valence-electron chi connectivity index (χ1n) is 6.82. The number of urea groups is 1. The average molecular weight is 292 g/mol. The second-order valence-corrected chi connectivity index (χ2v) is 5.48. The maximum absolute atomic E-state index is 12.1. The molecule has 6 heteroatoms. The van der Waals surface area contributed by atoms with Crippen molar-refractivity contribution in [1.29, 1.82) is 0 Å². The van der Waals surface area contributed by atoms with E-state index < -0.39 is 0 Å². The third kappa shape index (κ3) is 4.38. The monoisotopic (exact) mass is 292 g/mol. The van der Waals surface area contributed by atoms with Gasteiger partial charge in [-0.15, -0.1) is 11.3 Å². The molecule has 0 unspecified atom stereocenters. The second kappa shape index (κ2) is 7.69. The predicted molar refractivity (Wildman–Crippen MR) is 80.6 cm³/mol. The quantitative estimate of drug-likeness (QED) is 0.797. The SMILES string of the molecule is CCN(Cc1cccs1)C(=O)NCCCn1cccn1. The molecule has 0 aromatic carbocycles. The molecule has 2 aromatic rings. The fraction of sp³-hybridized carbons (Fsp3) is 0.429. The number of carbonyl (C=O) groups is 1. The van der Waals surface area contributed by atoms with Crippen molar-refractivity contribution in [2.45, 2.75) is 26.4 Å². The number of amides is 2. The highest BCUT2D eigenvalue weighted by Gasteiger charge is 2.11. The molecule has 0 aliphatic rings. The molecule has 2 heterocycles. The van der Waals surface area contributed by atoms with Crippen LogP contribution in [0.25, 0.3) is 0 Å². The fourth-order valence-electron chi connectivity index (χ4n) is 1.90. The number of hydrogen-bond acceptors (Lipinski definition) is 3. The van der Waals surface area contributed by atoms with Gasteiger partial charge in [-0.25, -0.2) is 4.79 Å². The smallest absolute Gasteiger partial charge is 0.317 e. The molecule has 0 aliphatic heterocycles. The van der Waals surface area contributed by atoms with Crippen LogP contribution in [0.5, 0.6) is 0 Å². The lowest BCUT2D eigenvalue weighted by molar-refractivity contribution is 0.198. The minimum absolute atomic E-state index is 0.00126. The van der Waals surface area contributed by atoms with Crippen molar-refractivity contribution in [3.63, 3.8) is 0 Å². The molecular formula is C14H20N4OS. The highest BCUT2D eigenvalue weighted by Crippen LogP contribution is 2.11. The number of nitrogens with zero attached hydrogens (tertiary/aromatic N) is 3. The van der Waals surface area contributed by atoms with Gasteiger partial charge in [-0.2, -0.15) is 5.10 Å². The van der Waals surface area contributed by atoms with Gasteiger partial charge in [0.2, 0.25) is 0 Å². The van der Waals surface area contributed by atoms with Crippen molar-refractivity contribution in [3.8, 4) is 0 Å². The zero-order valence-corrected chi connectivity index (χ0v) is 12.5. The van der Waals surface area contributed by atoms with E-state index in [0.29, 0.717) is 19.6 Å². The summed E-state index contributed by atoms with van der Waals surface area (Å²) in [5, 5.41) is 9.12. The summed E-state index contributed by atoms with van der Waals surface area (Å²) in [5.41, 5.74) is 0. The summed E-state index contributed by atoms with van der Waals surface area (Å²) >= 11 is 1.68. The molecule has 0 fully saturated rings. The molecule has 0 saturated carbocycles. The Morgan fingerprint density at radius 2 is 2.40 bits per heavy atom. The summed E-state index contributed by atoms with van der Waals surface area (Å²) in [6.07, 6.45) is 4.57. The predicted octanol–water partition coefficient (Wildman–Crippen LogP) is 2.57. The Labute approximate surface area is 123 Å². The maximum atomic E-state index is 12.1. The Hall–Kier alpha value is -1.82. The van der Waals surface area contributed by atoms with Gasteiger partial charge in [0, 0.05) is 36.9 Å². The Morgan fingerprint density at radius 3 is 3.05 bits per heavy atom. The number of aryl methyl sites for hydroxylation is 1. The normalized spacial score (nSPS) is 10.4. The lowest BCUT2D eigenvalue weighted by Crippen LogP contribution is -2.39. The molecule has 5 nitrogen and oxygen atoms in total. The fourth-order valence-corrected chi connectivity index (χ4v) is 2.62. The third-order valence-corrected chi connectivity index (χ3v) is 3.86. The van der Waals surface area contributed by atoms with Crippen LogP contribution >= 0.6 is 11.3 Å². The average Bonchev–Trinajstić information content (AvgIpc) is 3.13. The van der Waals surface area contributed by atoms with Crippen molar-refractivity contribution in [2.24, 2.45) is 0 Å². The number of carbonyl (C=O) groups excluding carboxylic acids is 1. The molecule has 20 heavy (non-hydrogen) atoms. The van der Waals surface area contributed by atoms with E-state index in [1.165, 1.54) is 4.88 Å². The largest absolute Gasteiger partial charge is 0.338 e. The lowest BCUT2D eigenvalue weighted by Gasteiger charge is -2.20. The van der Waals surface area contributed by atoms with Crippen molar-refractivity contribution in [1.82, 2.24) is 20.0 Å². The van der Waals surface area contributed by atoms with Gasteiger partial charge < -0.3 is 10.2 Å². The molecule has 108 valence electrons. The molecule has 2 amide bonds. The zero-order chi connectivity index (χ0) is 14.2. The van der Waals surface area contributed by atoms with Gasteiger partial charge in [0.25, 0.3) is 0 Å². The van der Waals surface area contributed by atoms with Crippen molar-refractivity contribution in [2.75, 3.05) is 13.1 Å². The van der Waals surface area contributed by atoms with E-state index in [4.69, 9.17) is 0 Å². The minimum atomic E-state index is 0.00126. The molecule has 0 atom stereocenters. The number of rotatable bonds is 7. The van der Waals surface area contributed by atoms with Crippen LogP contribution in [-0.2, 0) is 13.1 Å². The number of hydrogen-bond donors (Lipinski definition) is 1. The van der Waals surface area contributed by atoms with Crippen LogP contribution in [0.1, 0.15) is 18.2 Å². The molecule has 0 saturated heterocycles. The molecular weight excluding hydrogens is 272 g/mol. The van der Waals surface area contributed by atoms with E-state index in [1.807, 2.05) is 40.2 Å². The Morgan fingerprint density at radius 1 is 1.50 bits per heavy atom. The maximum Gasteiger partial charge on any atom is 0.317 e. The minimum Gasteiger partial charge on any atom is -0.338 e. The van der Waals surface area contributed by atoms with Crippen molar-refractivity contribution < 1.29 is 4.79 Å². The summed E-state index contributed by atoms with van der Waals surface area (Å²) < 4.78 is 1.87. The van der Waals surface area contributed by atoms with Gasteiger partial charge in [-0.1, -0.05) is 6.07 Å². The van der Waals surface area contributed by atoms with Crippen LogP contribution in [0.2, 0.25) is 0 Å². The zero-order valence-electron chi connectivity index (χ0n) is 11.7. The number of nitrogens with one attached hydrogen (secondary N) is 1. The van der Waals surface area contributed by atoms with Crippen LogP contribution in [-0.4, -0.2) is 33.8 Å². The lowest BCUT2D eigenvalue weighted by atomic mass is 10.4. The van der Waals surface area contributed by atoms with E-state index in [2.05, 4.69) is 16.5 Å². The first-order chi connectivity index (χ1) is 9.79. The summed E-state index contributed by atoms with van der Waals surface area (Å²) in [6.45, 7) is 4.88. The Balaban J connectivity index is 1.69. The van der Waals surface area contributed by atoms with Gasteiger partial charge in [0.1, 0.15) is 0 Å². The van der Waals surface area contributed by atoms with Gasteiger partial charge in [-0.05, 0) is 30.9 Å². The van der Waals surface area contributed by atoms with Gasteiger partial charge in [0.15, 0.2) is 0 Å². The van der Waals surface area contributed by atoms with E-state index >= 15 is 0 Å². The van der Waals surface area contributed by atoms with Crippen LogP contribution in [0, 0.1) is 0 Å². The highest BCUT2D eigenvalue weighted by atomic mass is 32.1.